The lowest BCUT2D eigenvalue weighted by atomic mass is 9.96. The highest BCUT2D eigenvalue weighted by Gasteiger charge is 2.09. The van der Waals surface area contributed by atoms with Crippen LogP contribution in [0, 0.1) is 24.6 Å². The number of nitrogens with zero attached hydrogens (tertiary/aromatic N) is 1. The monoisotopic (exact) mass is 529 g/mol. The number of carbonyl (C=O) groups excluding carboxylic acids is 1. The van der Waals surface area contributed by atoms with Crippen LogP contribution in [0.2, 0.25) is 0 Å². The van der Waals surface area contributed by atoms with Crippen LogP contribution in [0.5, 0.6) is 11.5 Å². The number of benzene rings is 3. The van der Waals surface area contributed by atoms with Crippen molar-refractivity contribution in [3.8, 4) is 23.3 Å². The van der Waals surface area contributed by atoms with E-state index in [1.165, 1.54) is 19.2 Å². The highest BCUT2D eigenvalue weighted by atomic mass is 19.1. The molecule has 0 saturated carbocycles. The van der Waals surface area contributed by atoms with Gasteiger partial charge in [-0.25, -0.2) is 9.18 Å². The van der Waals surface area contributed by atoms with E-state index in [9.17, 15) is 9.18 Å². The summed E-state index contributed by atoms with van der Waals surface area (Å²) in [4.78, 5) is 13.6. The molecule has 202 valence electrons. The Hall–Kier alpha value is -4.12. The summed E-state index contributed by atoms with van der Waals surface area (Å²) >= 11 is 0. The van der Waals surface area contributed by atoms with Gasteiger partial charge in [0.15, 0.2) is 6.61 Å². The van der Waals surface area contributed by atoms with Gasteiger partial charge >= 0.3 is 5.97 Å². The normalized spacial score (nSPS) is 13.8. The minimum Gasteiger partial charge on any atom is -0.489 e. The summed E-state index contributed by atoms with van der Waals surface area (Å²) < 4.78 is 35.1. The summed E-state index contributed by atoms with van der Waals surface area (Å²) in [5.74, 6) is 7.01. The molecule has 0 atom stereocenters. The molecular weight excluding hydrogens is 497 g/mol. The molecule has 1 fully saturated rings. The van der Waals surface area contributed by atoms with Crippen LogP contribution in [0.25, 0.3) is 5.57 Å². The van der Waals surface area contributed by atoms with Crippen molar-refractivity contribution in [2.75, 3.05) is 53.2 Å². The van der Waals surface area contributed by atoms with Gasteiger partial charge in [0.2, 0.25) is 0 Å². The standard InChI is InChI=1S/C32H32FNO5/c1-24-22-29(13-14-31(24)39-23-32(35)36-2)38-19-15-30(27-9-11-28(33)12-10-27)26-7-5-25(6-8-26)4-3-16-34-17-20-37-21-18-34/h5-15,22H,16-21,23H2,1-2H3. The molecule has 7 heteroatoms. The van der Waals surface area contributed by atoms with Gasteiger partial charge in [0.25, 0.3) is 0 Å². The van der Waals surface area contributed by atoms with E-state index < -0.39 is 5.97 Å². The van der Waals surface area contributed by atoms with Gasteiger partial charge in [-0.1, -0.05) is 36.1 Å². The van der Waals surface area contributed by atoms with Gasteiger partial charge in [-0.05, 0) is 77.7 Å². The maximum absolute atomic E-state index is 13.6. The van der Waals surface area contributed by atoms with E-state index in [0.717, 1.165) is 60.7 Å². The van der Waals surface area contributed by atoms with Gasteiger partial charge in [-0.2, -0.15) is 0 Å². The van der Waals surface area contributed by atoms with Crippen LogP contribution in [0.4, 0.5) is 4.39 Å². The van der Waals surface area contributed by atoms with E-state index in [2.05, 4.69) is 21.5 Å². The van der Waals surface area contributed by atoms with E-state index in [1.54, 1.807) is 24.3 Å². The molecule has 39 heavy (non-hydrogen) atoms. The summed E-state index contributed by atoms with van der Waals surface area (Å²) in [5, 5.41) is 0. The van der Waals surface area contributed by atoms with Crippen LogP contribution in [0.1, 0.15) is 22.3 Å². The van der Waals surface area contributed by atoms with Crippen LogP contribution >= 0.6 is 0 Å². The highest BCUT2D eigenvalue weighted by molar-refractivity contribution is 5.80. The number of hydrogen-bond acceptors (Lipinski definition) is 6. The van der Waals surface area contributed by atoms with Gasteiger partial charge in [0.05, 0.1) is 26.9 Å². The first-order valence-corrected chi connectivity index (χ1v) is 12.8. The Kier molecular flexibility index (Phi) is 10.1. The Morgan fingerprint density at radius 1 is 1.00 bits per heavy atom. The highest BCUT2D eigenvalue weighted by Crippen LogP contribution is 2.26. The molecule has 3 aromatic carbocycles. The van der Waals surface area contributed by atoms with Crippen LogP contribution in [-0.4, -0.2) is 64.0 Å². The number of methoxy groups -OCH3 is 1. The summed E-state index contributed by atoms with van der Waals surface area (Å²) in [6.45, 7) is 6.09. The first kappa shape index (κ1) is 27.9. The van der Waals surface area contributed by atoms with E-state index >= 15 is 0 Å². The number of halogens is 1. The number of carbonyl (C=O) groups is 1. The Bertz CT molecular complexity index is 1330. The van der Waals surface area contributed by atoms with Gasteiger partial charge in [-0.3, -0.25) is 4.90 Å². The fourth-order valence-electron chi connectivity index (χ4n) is 4.07. The quantitative estimate of drug-likeness (QED) is 0.291. The molecule has 0 amide bonds. The topological polar surface area (TPSA) is 57.2 Å². The van der Waals surface area contributed by atoms with Crippen LogP contribution in [0.3, 0.4) is 0 Å². The molecule has 0 aliphatic carbocycles. The fourth-order valence-corrected chi connectivity index (χ4v) is 4.07. The Labute approximate surface area is 228 Å². The van der Waals surface area contributed by atoms with Gasteiger partial charge in [0.1, 0.15) is 23.9 Å². The van der Waals surface area contributed by atoms with Crippen LogP contribution in [0.15, 0.2) is 72.8 Å². The smallest absolute Gasteiger partial charge is 0.343 e. The van der Waals surface area contributed by atoms with Crippen molar-refractivity contribution < 1.29 is 28.1 Å². The number of morpholine rings is 1. The summed E-state index contributed by atoms with van der Waals surface area (Å²) in [6.07, 6.45) is 1.98. The zero-order chi connectivity index (χ0) is 27.5. The molecule has 0 spiro atoms. The number of esters is 1. The molecule has 4 rings (SSSR count). The van der Waals surface area contributed by atoms with Crippen molar-refractivity contribution in [2.45, 2.75) is 6.92 Å². The maximum atomic E-state index is 13.6. The van der Waals surface area contributed by atoms with Gasteiger partial charge in [0, 0.05) is 18.7 Å². The molecule has 0 N–H and O–H groups in total. The first-order chi connectivity index (χ1) is 19.0. The summed E-state index contributed by atoms with van der Waals surface area (Å²) in [7, 11) is 1.32. The van der Waals surface area contributed by atoms with Gasteiger partial charge in [-0.15, -0.1) is 0 Å². The third-order valence-corrected chi connectivity index (χ3v) is 6.25. The van der Waals surface area contributed by atoms with E-state index in [1.807, 2.05) is 43.3 Å². The average molecular weight is 530 g/mol. The van der Waals surface area contributed by atoms with E-state index in [4.69, 9.17) is 14.2 Å². The lowest BCUT2D eigenvalue weighted by molar-refractivity contribution is -0.142. The van der Waals surface area contributed by atoms with Crippen molar-refractivity contribution in [3.05, 3.63) is 101 Å². The number of aryl methyl sites for hydroxylation is 1. The zero-order valence-electron chi connectivity index (χ0n) is 22.2. The summed E-state index contributed by atoms with van der Waals surface area (Å²) in [5.41, 5.74) is 4.56. The number of ether oxygens (including phenoxy) is 4. The second kappa shape index (κ2) is 14.1. The van der Waals surface area contributed by atoms with Crippen LogP contribution < -0.4 is 9.47 Å². The van der Waals surface area contributed by atoms with Gasteiger partial charge < -0.3 is 18.9 Å². The Balaban J connectivity index is 1.45. The molecule has 0 unspecified atom stereocenters. The fraction of sp³-hybridized carbons (Fsp3) is 0.281. The minimum absolute atomic E-state index is 0.153. The molecule has 3 aromatic rings. The van der Waals surface area contributed by atoms with Crippen molar-refractivity contribution in [2.24, 2.45) is 0 Å². The van der Waals surface area contributed by atoms with Crippen molar-refractivity contribution in [1.29, 1.82) is 0 Å². The van der Waals surface area contributed by atoms with E-state index in [0.29, 0.717) is 18.1 Å². The third-order valence-electron chi connectivity index (χ3n) is 6.25. The minimum atomic E-state index is -0.443. The van der Waals surface area contributed by atoms with Crippen LogP contribution in [-0.2, 0) is 14.3 Å². The molecule has 0 bridgehead atoms. The average Bonchev–Trinajstić information content (AvgIpc) is 2.96. The molecule has 1 aliphatic heterocycles. The molecule has 1 saturated heterocycles. The third kappa shape index (κ3) is 8.44. The van der Waals surface area contributed by atoms with Crippen molar-refractivity contribution in [1.82, 2.24) is 4.90 Å². The number of rotatable bonds is 9. The predicted molar refractivity (Wildman–Crippen MR) is 148 cm³/mol. The molecule has 0 aromatic heterocycles. The van der Waals surface area contributed by atoms with Crippen molar-refractivity contribution >= 4 is 11.5 Å². The summed E-state index contributed by atoms with van der Waals surface area (Å²) in [6, 6.07) is 19.8. The van der Waals surface area contributed by atoms with Crippen molar-refractivity contribution in [3.63, 3.8) is 0 Å². The molecule has 6 nitrogen and oxygen atoms in total. The first-order valence-electron chi connectivity index (χ1n) is 12.8. The second-order valence-corrected chi connectivity index (χ2v) is 9.00. The molecule has 1 heterocycles. The second-order valence-electron chi connectivity index (χ2n) is 9.00. The largest absolute Gasteiger partial charge is 0.489 e. The number of hydrogen-bond donors (Lipinski definition) is 0. The maximum Gasteiger partial charge on any atom is 0.343 e. The molecule has 0 radical (unpaired) electrons. The lowest BCUT2D eigenvalue weighted by Crippen LogP contribution is -2.36. The molecular formula is C32H32FNO5. The molecule has 1 aliphatic rings. The SMILES string of the molecule is COC(=O)COc1ccc(OCC=C(c2ccc(F)cc2)c2ccc(C#CCN3CCOCC3)cc2)cc1C. The Morgan fingerprint density at radius 2 is 1.69 bits per heavy atom. The van der Waals surface area contributed by atoms with E-state index in [-0.39, 0.29) is 12.4 Å². The predicted octanol–water partition coefficient (Wildman–Crippen LogP) is 4.88. The zero-order valence-corrected chi connectivity index (χ0v) is 22.2. The lowest BCUT2D eigenvalue weighted by Gasteiger charge is -2.24. The Morgan fingerprint density at radius 3 is 2.36 bits per heavy atom.